The summed E-state index contributed by atoms with van der Waals surface area (Å²) in [5.41, 5.74) is 0. The first-order valence-electron chi connectivity index (χ1n) is 4.38. The van der Waals surface area contributed by atoms with Crippen molar-refractivity contribution in [3.05, 3.63) is 0 Å². The van der Waals surface area contributed by atoms with Crippen LogP contribution in [-0.4, -0.2) is 76.5 Å². The van der Waals surface area contributed by atoms with E-state index < -0.39 is 24.4 Å². The van der Waals surface area contributed by atoms with E-state index in [1.165, 1.54) is 0 Å². The van der Waals surface area contributed by atoms with Gasteiger partial charge in [-0.05, 0) is 0 Å². The summed E-state index contributed by atoms with van der Waals surface area (Å²) in [6.45, 7) is 0.140. The van der Waals surface area contributed by atoms with E-state index >= 15 is 0 Å². The van der Waals surface area contributed by atoms with Gasteiger partial charge in [-0.25, -0.2) is 0 Å². The summed E-state index contributed by atoms with van der Waals surface area (Å²) in [5.74, 6) is 0. The quantitative estimate of drug-likeness (QED) is 0.347. The minimum atomic E-state index is -1.15. The first-order chi connectivity index (χ1) is 5.90. The van der Waals surface area contributed by atoms with Gasteiger partial charge < -0.3 is 24.9 Å². The Kier molecular flexibility index (Phi) is 2.94. The van der Waals surface area contributed by atoms with Crippen LogP contribution in [0.1, 0.15) is 0 Å². The highest BCUT2D eigenvalue weighted by Crippen LogP contribution is 2.22. The lowest BCUT2D eigenvalue weighted by Crippen LogP contribution is -2.69. The molecule has 4 N–H and O–H groups in total. The van der Waals surface area contributed by atoms with Crippen LogP contribution in [-0.2, 0) is 0 Å². The second-order valence-electron chi connectivity index (χ2n) is 4.26. The predicted octanol–water partition coefficient (Wildman–Crippen LogP) is -2.48. The van der Waals surface area contributed by atoms with Crippen LogP contribution in [0.3, 0.4) is 0 Å². The standard InChI is InChI=1S/C8H18NO4/c1-9(2)3-6(11)8(13)7(12)5(9)4-10/h5-8,10-13H,3-4H2,1-2H3/q+1/t5-,6-,7-,8-/m1/s1. The van der Waals surface area contributed by atoms with Crippen molar-refractivity contribution >= 4 is 0 Å². The number of aliphatic hydroxyl groups is 4. The number of rotatable bonds is 1. The fourth-order valence-corrected chi connectivity index (χ4v) is 1.92. The van der Waals surface area contributed by atoms with E-state index in [2.05, 4.69) is 0 Å². The van der Waals surface area contributed by atoms with Gasteiger partial charge in [-0.1, -0.05) is 0 Å². The van der Waals surface area contributed by atoms with Crippen LogP contribution in [0.2, 0.25) is 0 Å². The van der Waals surface area contributed by atoms with Crippen LogP contribution < -0.4 is 0 Å². The van der Waals surface area contributed by atoms with Gasteiger partial charge in [-0.3, -0.25) is 0 Å². The molecule has 78 valence electrons. The zero-order valence-corrected chi connectivity index (χ0v) is 7.96. The Labute approximate surface area is 77.4 Å². The topological polar surface area (TPSA) is 80.9 Å². The van der Waals surface area contributed by atoms with Gasteiger partial charge in [0.15, 0.2) is 0 Å². The molecule has 1 fully saturated rings. The maximum absolute atomic E-state index is 9.56. The molecule has 1 saturated heterocycles. The number of aliphatic hydroxyl groups excluding tert-OH is 4. The van der Waals surface area contributed by atoms with Crippen LogP contribution in [0.15, 0.2) is 0 Å². The predicted molar refractivity (Wildman–Crippen MR) is 45.9 cm³/mol. The molecule has 4 atom stereocenters. The lowest BCUT2D eigenvalue weighted by atomic mass is 9.93. The van der Waals surface area contributed by atoms with E-state index in [0.717, 1.165) is 0 Å². The third-order valence-corrected chi connectivity index (χ3v) is 2.88. The molecular formula is C8H18NO4+. The van der Waals surface area contributed by atoms with Crippen molar-refractivity contribution in [2.45, 2.75) is 24.4 Å². The van der Waals surface area contributed by atoms with Crippen LogP contribution in [0.25, 0.3) is 0 Å². The molecule has 0 radical (unpaired) electrons. The molecule has 0 aromatic heterocycles. The van der Waals surface area contributed by atoms with E-state index in [9.17, 15) is 15.3 Å². The zero-order valence-electron chi connectivity index (χ0n) is 7.96. The van der Waals surface area contributed by atoms with E-state index in [1.54, 1.807) is 14.1 Å². The molecule has 13 heavy (non-hydrogen) atoms. The lowest BCUT2D eigenvalue weighted by Gasteiger charge is -2.47. The molecule has 0 aliphatic carbocycles. The average Bonchev–Trinajstić information content (AvgIpc) is 2.00. The summed E-state index contributed by atoms with van der Waals surface area (Å²) in [4.78, 5) is 0. The first kappa shape index (κ1) is 10.9. The van der Waals surface area contributed by atoms with Gasteiger partial charge in [0.1, 0.15) is 30.9 Å². The molecule has 5 heteroatoms. The van der Waals surface area contributed by atoms with Crippen molar-refractivity contribution in [1.29, 1.82) is 0 Å². The van der Waals surface area contributed by atoms with Crippen molar-refractivity contribution in [3.63, 3.8) is 0 Å². The number of piperidine rings is 1. The number of likely N-dealkylation sites (N-methyl/N-ethyl adjacent to an activating group) is 1. The Morgan fingerprint density at radius 3 is 2.15 bits per heavy atom. The molecule has 1 aliphatic heterocycles. The molecule has 1 rings (SSSR count). The molecule has 1 aliphatic rings. The molecule has 0 spiro atoms. The number of nitrogens with zero attached hydrogens (tertiary/aromatic N) is 1. The third-order valence-electron chi connectivity index (χ3n) is 2.88. The smallest absolute Gasteiger partial charge is 0.141 e. The van der Waals surface area contributed by atoms with Gasteiger partial charge in [0, 0.05) is 0 Å². The first-order valence-corrected chi connectivity index (χ1v) is 4.38. The number of hydrogen-bond donors (Lipinski definition) is 4. The molecule has 1 heterocycles. The molecule has 0 aromatic rings. The molecule has 0 aromatic carbocycles. The van der Waals surface area contributed by atoms with Crippen molar-refractivity contribution in [2.75, 3.05) is 27.2 Å². The summed E-state index contributed by atoms with van der Waals surface area (Å²) >= 11 is 0. The van der Waals surface area contributed by atoms with Crippen LogP contribution in [0.4, 0.5) is 0 Å². The second-order valence-corrected chi connectivity index (χ2v) is 4.26. The largest absolute Gasteiger partial charge is 0.390 e. The highest BCUT2D eigenvalue weighted by Gasteiger charge is 2.47. The van der Waals surface area contributed by atoms with Crippen molar-refractivity contribution in [3.8, 4) is 0 Å². The fraction of sp³-hybridized carbons (Fsp3) is 1.00. The SMILES string of the molecule is C[N+]1(C)C[C@@H](O)[C@@H](O)[C@H](O)[C@H]1CO. The van der Waals surface area contributed by atoms with E-state index in [-0.39, 0.29) is 6.61 Å². The van der Waals surface area contributed by atoms with Crippen LogP contribution in [0.5, 0.6) is 0 Å². The monoisotopic (exact) mass is 192 g/mol. The Morgan fingerprint density at radius 2 is 1.69 bits per heavy atom. The molecule has 0 amide bonds. The highest BCUT2D eigenvalue weighted by molar-refractivity contribution is 4.86. The summed E-state index contributed by atoms with van der Waals surface area (Å²) < 4.78 is 0.315. The van der Waals surface area contributed by atoms with Gasteiger partial charge in [0.2, 0.25) is 0 Å². The zero-order chi connectivity index (χ0) is 10.2. The van der Waals surface area contributed by atoms with Crippen LogP contribution in [0, 0.1) is 0 Å². The molecule has 0 saturated carbocycles. The molecule has 5 nitrogen and oxygen atoms in total. The van der Waals surface area contributed by atoms with Crippen molar-refractivity contribution < 1.29 is 24.9 Å². The average molecular weight is 192 g/mol. The van der Waals surface area contributed by atoms with Gasteiger partial charge >= 0.3 is 0 Å². The van der Waals surface area contributed by atoms with E-state index in [0.29, 0.717) is 11.0 Å². The summed E-state index contributed by atoms with van der Waals surface area (Å²) in [6, 6.07) is -0.432. The Hall–Kier alpha value is -0.200. The minimum Gasteiger partial charge on any atom is -0.390 e. The summed E-state index contributed by atoms with van der Waals surface area (Å²) in [5, 5.41) is 37.3. The van der Waals surface area contributed by atoms with Gasteiger partial charge in [0.25, 0.3) is 0 Å². The number of likely N-dealkylation sites (tertiary alicyclic amines) is 1. The maximum atomic E-state index is 9.56. The molecular weight excluding hydrogens is 174 g/mol. The van der Waals surface area contributed by atoms with Gasteiger partial charge in [-0.15, -0.1) is 0 Å². The second kappa shape index (κ2) is 3.51. The Morgan fingerprint density at radius 1 is 1.15 bits per heavy atom. The number of quaternary nitrogens is 1. The Bertz CT molecular complexity index is 185. The third kappa shape index (κ3) is 1.84. The van der Waals surface area contributed by atoms with E-state index in [4.69, 9.17) is 5.11 Å². The maximum Gasteiger partial charge on any atom is 0.141 e. The molecule has 0 bridgehead atoms. The molecule has 0 unspecified atom stereocenters. The summed E-state index contributed by atoms with van der Waals surface area (Å²) in [6.07, 6.45) is -3.14. The van der Waals surface area contributed by atoms with E-state index in [1.807, 2.05) is 0 Å². The van der Waals surface area contributed by atoms with Gasteiger partial charge in [-0.2, -0.15) is 0 Å². The Balaban J connectivity index is 2.82. The normalized spacial score (nSPS) is 44.8. The fourth-order valence-electron chi connectivity index (χ4n) is 1.92. The summed E-state index contributed by atoms with van der Waals surface area (Å²) in [7, 11) is 3.61. The number of hydrogen-bond acceptors (Lipinski definition) is 4. The lowest BCUT2D eigenvalue weighted by molar-refractivity contribution is -0.929. The van der Waals surface area contributed by atoms with Gasteiger partial charge in [0.05, 0.1) is 20.7 Å². The van der Waals surface area contributed by atoms with Crippen LogP contribution >= 0.6 is 0 Å². The highest BCUT2D eigenvalue weighted by atomic mass is 16.4. The van der Waals surface area contributed by atoms with Crippen molar-refractivity contribution in [2.24, 2.45) is 0 Å². The minimum absolute atomic E-state index is 0.196. The van der Waals surface area contributed by atoms with Crippen molar-refractivity contribution in [1.82, 2.24) is 0 Å².